The third-order valence-electron chi connectivity index (χ3n) is 7.05. The van der Waals surface area contributed by atoms with Crippen LogP contribution in [0.1, 0.15) is 25.0 Å². The first-order valence-electron chi connectivity index (χ1n) is 12.8. The summed E-state index contributed by atoms with van der Waals surface area (Å²) in [6.45, 7) is 8.28. The summed E-state index contributed by atoms with van der Waals surface area (Å²) in [6, 6.07) is 39.9. The molecule has 0 saturated heterocycles. The molecule has 7 rings (SSSR count). The van der Waals surface area contributed by atoms with Gasteiger partial charge >= 0.3 is 0 Å². The number of rotatable bonds is 2. The summed E-state index contributed by atoms with van der Waals surface area (Å²) in [7, 11) is 0. The summed E-state index contributed by atoms with van der Waals surface area (Å²) in [4.78, 5) is 0. The average molecular weight is 467 g/mol. The molecule has 0 atom stereocenters. The summed E-state index contributed by atoms with van der Waals surface area (Å²) >= 11 is 0. The van der Waals surface area contributed by atoms with Gasteiger partial charge in [0.15, 0.2) is 0 Å². The Morgan fingerprint density at radius 1 is 0.389 bits per heavy atom. The van der Waals surface area contributed by atoms with Gasteiger partial charge in [-0.15, -0.1) is 0 Å². The van der Waals surface area contributed by atoms with Gasteiger partial charge in [0.1, 0.15) is 0 Å². The number of aromatic nitrogens is 2. The molecule has 36 heavy (non-hydrogen) atoms. The molecule has 0 unspecified atom stereocenters. The van der Waals surface area contributed by atoms with Crippen molar-refractivity contribution in [1.29, 1.82) is 0 Å². The van der Waals surface area contributed by atoms with E-state index in [9.17, 15) is 0 Å². The van der Waals surface area contributed by atoms with Crippen molar-refractivity contribution in [1.82, 2.24) is 9.13 Å². The average Bonchev–Trinajstić information content (AvgIpc) is 3.42. The van der Waals surface area contributed by atoms with Crippen LogP contribution in [0.25, 0.3) is 55.0 Å². The number of para-hydroxylation sites is 2. The van der Waals surface area contributed by atoms with Crippen molar-refractivity contribution in [3.63, 3.8) is 0 Å². The van der Waals surface area contributed by atoms with Crippen molar-refractivity contribution in [2.75, 3.05) is 0 Å². The largest absolute Gasteiger partial charge is 0.309 e. The molecule has 0 aliphatic carbocycles. The highest BCUT2D eigenvalue weighted by Crippen LogP contribution is 2.39. The van der Waals surface area contributed by atoms with Crippen LogP contribution in [0.3, 0.4) is 0 Å². The van der Waals surface area contributed by atoms with E-state index in [1.54, 1.807) is 0 Å². The van der Waals surface area contributed by atoms with E-state index >= 15 is 0 Å². The van der Waals surface area contributed by atoms with E-state index in [0.717, 1.165) is 0 Å². The number of hydrogen-bond donors (Lipinski definition) is 0. The van der Waals surface area contributed by atoms with Crippen LogP contribution in [-0.4, -0.2) is 9.13 Å². The summed E-state index contributed by atoms with van der Waals surface area (Å²) < 4.78 is 4.81. The molecule has 0 amide bonds. The number of fused-ring (bicyclic) bond motifs is 6. The first-order chi connectivity index (χ1) is 17.7. The predicted octanol–water partition coefficient (Wildman–Crippen LogP) is 9.52. The van der Waals surface area contributed by atoms with E-state index in [-0.39, 0.29) is 0 Å². The van der Waals surface area contributed by atoms with Crippen molar-refractivity contribution in [2.45, 2.75) is 27.7 Å². The summed E-state index contributed by atoms with van der Waals surface area (Å²) in [5.74, 6) is 0. The van der Waals surface area contributed by atoms with Crippen LogP contribution in [0.4, 0.5) is 0 Å². The molecule has 0 fully saturated rings. The highest BCUT2D eigenvalue weighted by molar-refractivity contribution is 6.18. The van der Waals surface area contributed by atoms with Crippen molar-refractivity contribution in [2.24, 2.45) is 0 Å². The third kappa shape index (κ3) is 3.33. The van der Waals surface area contributed by atoms with Crippen molar-refractivity contribution < 1.29 is 0 Å². The second kappa shape index (κ2) is 8.73. The lowest BCUT2D eigenvalue weighted by Crippen LogP contribution is -1.94. The Balaban J connectivity index is 0.00000117. The number of hydrogen-bond acceptors (Lipinski definition) is 0. The zero-order valence-electron chi connectivity index (χ0n) is 21.3. The fourth-order valence-corrected chi connectivity index (χ4v) is 5.37. The van der Waals surface area contributed by atoms with Crippen LogP contribution in [-0.2, 0) is 0 Å². The van der Waals surface area contributed by atoms with E-state index in [1.807, 2.05) is 13.8 Å². The highest BCUT2D eigenvalue weighted by Gasteiger charge is 2.18. The number of nitrogens with zero attached hydrogens (tertiary/aromatic N) is 2. The lowest BCUT2D eigenvalue weighted by atomic mass is 10.1. The zero-order chi connectivity index (χ0) is 24.8. The van der Waals surface area contributed by atoms with Gasteiger partial charge in [0.25, 0.3) is 0 Å². The molecule has 0 aliphatic rings. The van der Waals surface area contributed by atoms with Gasteiger partial charge in [-0.2, -0.15) is 0 Å². The molecule has 2 heteroatoms. The van der Waals surface area contributed by atoms with Crippen LogP contribution in [0.5, 0.6) is 0 Å². The monoisotopic (exact) mass is 466 g/mol. The van der Waals surface area contributed by atoms with Crippen LogP contribution in [0.15, 0.2) is 109 Å². The van der Waals surface area contributed by atoms with Gasteiger partial charge in [0.2, 0.25) is 0 Å². The quantitative estimate of drug-likeness (QED) is 0.240. The molecule has 0 spiro atoms. The summed E-state index contributed by atoms with van der Waals surface area (Å²) in [5, 5.41) is 5.11. The zero-order valence-corrected chi connectivity index (χ0v) is 21.3. The molecule has 2 nitrogen and oxygen atoms in total. The molecule has 0 aliphatic heterocycles. The molecule has 7 aromatic rings. The van der Waals surface area contributed by atoms with Gasteiger partial charge in [0, 0.05) is 32.9 Å². The molecular weight excluding hydrogens is 436 g/mol. The predicted molar refractivity (Wildman–Crippen MR) is 156 cm³/mol. The van der Waals surface area contributed by atoms with Crippen LogP contribution in [0, 0.1) is 13.8 Å². The smallest absolute Gasteiger partial charge is 0.0548 e. The fraction of sp³-hybridized carbons (Fsp3) is 0.118. The third-order valence-corrected chi connectivity index (χ3v) is 7.05. The maximum atomic E-state index is 2.40. The normalized spacial score (nSPS) is 11.3. The second-order valence-corrected chi connectivity index (χ2v) is 9.26. The number of benzene rings is 5. The standard InChI is InChI=1S/C32H24N2.C2H6/c1-21-11-15-23(16-12-21)33-29-9-5-3-7-25(29)27-20-32-28(19-31(27)33)26-8-4-6-10-30(26)34(32)24-17-13-22(2)14-18-24;1-2/h3-20H,1-2H3;1-2H3. The first kappa shape index (κ1) is 22.2. The SMILES string of the molecule is CC.Cc1ccc(-n2c3ccccc3c3cc4c(cc32)c2ccccc2n4-c2ccc(C)cc2)cc1. The van der Waals surface area contributed by atoms with E-state index < -0.39 is 0 Å². The Labute approximate surface area is 212 Å². The topological polar surface area (TPSA) is 9.86 Å². The van der Waals surface area contributed by atoms with Crippen LogP contribution in [0.2, 0.25) is 0 Å². The maximum Gasteiger partial charge on any atom is 0.0548 e. The lowest BCUT2D eigenvalue weighted by Gasteiger charge is -2.09. The Hall–Kier alpha value is -4.30. The molecule has 0 bridgehead atoms. The second-order valence-electron chi connectivity index (χ2n) is 9.26. The molecule has 176 valence electrons. The Morgan fingerprint density at radius 3 is 1.14 bits per heavy atom. The molecule has 2 heterocycles. The van der Waals surface area contributed by atoms with Crippen molar-refractivity contribution in [3.05, 3.63) is 120 Å². The molecule has 2 aromatic heterocycles. The molecule has 0 N–H and O–H groups in total. The molecule has 5 aromatic carbocycles. The molecular formula is C34H30N2. The van der Waals surface area contributed by atoms with Gasteiger partial charge < -0.3 is 9.13 Å². The van der Waals surface area contributed by atoms with Gasteiger partial charge in [-0.3, -0.25) is 0 Å². The van der Waals surface area contributed by atoms with Crippen molar-refractivity contribution in [3.8, 4) is 11.4 Å². The van der Waals surface area contributed by atoms with E-state index in [4.69, 9.17) is 0 Å². The van der Waals surface area contributed by atoms with Crippen LogP contribution >= 0.6 is 0 Å². The van der Waals surface area contributed by atoms with Gasteiger partial charge in [-0.25, -0.2) is 0 Å². The maximum absolute atomic E-state index is 2.40. The van der Waals surface area contributed by atoms with Gasteiger partial charge in [0.05, 0.1) is 22.1 Å². The lowest BCUT2D eigenvalue weighted by molar-refractivity contribution is 1.17. The highest BCUT2D eigenvalue weighted by atomic mass is 15.0. The van der Waals surface area contributed by atoms with E-state index in [2.05, 4.69) is 132 Å². The van der Waals surface area contributed by atoms with Gasteiger partial charge in [-0.1, -0.05) is 85.6 Å². The Kier molecular flexibility index (Phi) is 5.38. The van der Waals surface area contributed by atoms with Gasteiger partial charge in [-0.05, 0) is 62.4 Å². The summed E-state index contributed by atoms with van der Waals surface area (Å²) in [6.07, 6.45) is 0. The van der Waals surface area contributed by atoms with E-state index in [0.29, 0.717) is 0 Å². The minimum Gasteiger partial charge on any atom is -0.309 e. The fourth-order valence-electron chi connectivity index (χ4n) is 5.37. The van der Waals surface area contributed by atoms with Crippen LogP contribution < -0.4 is 0 Å². The molecule has 0 radical (unpaired) electrons. The Morgan fingerprint density at radius 2 is 0.750 bits per heavy atom. The molecule has 0 saturated carbocycles. The summed E-state index contributed by atoms with van der Waals surface area (Å²) in [5.41, 5.74) is 9.88. The minimum absolute atomic E-state index is 1.19. The van der Waals surface area contributed by atoms with E-state index in [1.165, 1.54) is 66.1 Å². The minimum atomic E-state index is 1.19. The Bertz CT molecular complexity index is 1710. The number of aryl methyl sites for hydroxylation is 2. The van der Waals surface area contributed by atoms with Crippen molar-refractivity contribution >= 4 is 43.6 Å². The first-order valence-corrected chi connectivity index (χ1v) is 12.8.